The van der Waals surface area contributed by atoms with Gasteiger partial charge in [0.25, 0.3) is 0 Å². The first-order valence-electron chi connectivity index (χ1n) is 9.42. The number of aromatic nitrogens is 1. The van der Waals surface area contributed by atoms with Gasteiger partial charge in [-0.25, -0.2) is 0 Å². The molecule has 0 amide bonds. The van der Waals surface area contributed by atoms with Crippen LogP contribution >= 0.6 is 0 Å². The van der Waals surface area contributed by atoms with Crippen molar-refractivity contribution in [3.8, 4) is 5.69 Å². The highest BCUT2D eigenvalue weighted by Crippen LogP contribution is 2.31. The van der Waals surface area contributed by atoms with Crippen molar-refractivity contribution in [2.75, 3.05) is 31.5 Å². The van der Waals surface area contributed by atoms with Crippen LogP contribution in [0.25, 0.3) is 16.6 Å². The molecule has 0 aliphatic carbocycles. The molecule has 3 aromatic rings. The van der Waals surface area contributed by atoms with Crippen molar-refractivity contribution >= 4 is 22.3 Å². The molecule has 0 aliphatic heterocycles. The summed E-state index contributed by atoms with van der Waals surface area (Å²) in [6, 6.07) is 16.2. The molecule has 7 nitrogen and oxygen atoms in total. The Kier molecular flexibility index (Phi) is 6.06. The highest BCUT2D eigenvalue weighted by atomic mass is 16.6. The van der Waals surface area contributed by atoms with Gasteiger partial charge in [-0.15, -0.1) is 0 Å². The number of fused-ring (bicyclic) bond motifs is 1. The van der Waals surface area contributed by atoms with E-state index in [2.05, 4.69) is 24.1 Å². The van der Waals surface area contributed by atoms with Crippen LogP contribution in [0.1, 0.15) is 13.8 Å². The Hall–Kier alpha value is -3.19. The molecule has 0 spiro atoms. The van der Waals surface area contributed by atoms with Crippen molar-refractivity contribution in [3.63, 3.8) is 0 Å². The van der Waals surface area contributed by atoms with Gasteiger partial charge in [-0.3, -0.25) is 19.5 Å². The third-order valence-electron chi connectivity index (χ3n) is 4.88. The maximum atomic E-state index is 13.1. The molecule has 0 radical (unpaired) electrons. The Bertz CT molecular complexity index is 1030. The first-order chi connectivity index (χ1) is 13.6. The number of nitrogens with zero attached hydrogens (tertiary/aromatic N) is 3. The van der Waals surface area contributed by atoms with Crippen LogP contribution < -0.4 is 10.9 Å². The van der Waals surface area contributed by atoms with E-state index in [4.69, 9.17) is 0 Å². The predicted octanol–water partition coefficient (Wildman–Crippen LogP) is 3.65. The van der Waals surface area contributed by atoms with Gasteiger partial charge in [0.15, 0.2) is 0 Å². The topological polar surface area (TPSA) is 80.4 Å². The number of hydrogen-bond acceptors (Lipinski definition) is 5. The number of para-hydroxylation sites is 2. The number of benzene rings is 2. The Morgan fingerprint density at radius 1 is 1.04 bits per heavy atom. The molecule has 0 fully saturated rings. The van der Waals surface area contributed by atoms with E-state index in [0.717, 1.165) is 19.6 Å². The zero-order valence-corrected chi connectivity index (χ0v) is 16.1. The van der Waals surface area contributed by atoms with E-state index in [1.807, 2.05) is 24.3 Å². The third kappa shape index (κ3) is 3.75. The largest absolute Gasteiger partial charge is 0.377 e. The maximum absolute atomic E-state index is 13.1. The summed E-state index contributed by atoms with van der Waals surface area (Å²) in [7, 11) is 0. The zero-order chi connectivity index (χ0) is 20.1. The first-order valence-corrected chi connectivity index (χ1v) is 9.42. The predicted molar refractivity (Wildman–Crippen MR) is 112 cm³/mol. The lowest BCUT2D eigenvalue weighted by Crippen LogP contribution is -2.30. The van der Waals surface area contributed by atoms with Crippen LogP contribution in [0.5, 0.6) is 0 Å². The highest BCUT2D eigenvalue weighted by Gasteiger charge is 2.26. The van der Waals surface area contributed by atoms with Gasteiger partial charge in [-0.05, 0) is 31.3 Å². The lowest BCUT2D eigenvalue weighted by atomic mass is 10.1. The summed E-state index contributed by atoms with van der Waals surface area (Å²) in [5.41, 5.74) is 0.448. The van der Waals surface area contributed by atoms with E-state index in [0.29, 0.717) is 23.1 Å². The van der Waals surface area contributed by atoms with Gasteiger partial charge in [-0.2, -0.15) is 0 Å². The Morgan fingerprint density at radius 2 is 1.68 bits per heavy atom. The normalized spacial score (nSPS) is 11.1. The third-order valence-corrected chi connectivity index (χ3v) is 4.88. The van der Waals surface area contributed by atoms with E-state index in [1.54, 1.807) is 30.3 Å². The molecule has 0 unspecified atom stereocenters. The summed E-state index contributed by atoms with van der Waals surface area (Å²) in [4.78, 5) is 26.6. The van der Waals surface area contributed by atoms with Gasteiger partial charge < -0.3 is 10.2 Å². The number of nitro groups is 1. The van der Waals surface area contributed by atoms with Crippen LogP contribution in [-0.4, -0.2) is 40.6 Å². The molecule has 0 aliphatic rings. The molecule has 3 rings (SSSR count). The van der Waals surface area contributed by atoms with Crippen molar-refractivity contribution < 1.29 is 4.92 Å². The highest BCUT2D eigenvalue weighted by molar-refractivity contribution is 5.97. The Balaban J connectivity index is 2.18. The quantitative estimate of drug-likeness (QED) is 0.477. The molecule has 1 heterocycles. The molecule has 0 saturated carbocycles. The molecule has 0 bridgehead atoms. The van der Waals surface area contributed by atoms with Gasteiger partial charge in [0.05, 0.1) is 10.4 Å². The second-order valence-corrected chi connectivity index (χ2v) is 6.43. The molecule has 146 valence electrons. The number of hydrogen-bond donors (Lipinski definition) is 1. The Labute approximate surface area is 163 Å². The first kappa shape index (κ1) is 19.6. The maximum Gasteiger partial charge on any atom is 0.357 e. The zero-order valence-electron chi connectivity index (χ0n) is 16.1. The molecule has 0 atom stereocenters. The summed E-state index contributed by atoms with van der Waals surface area (Å²) in [5, 5.41) is 15.6. The summed E-state index contributed by atoms with van der Waals surface area (Å²) in [5.74, 6) is 0. The van der Waals surface area contributed by atoms with Crippen LogP contribution in [0.4, 0.5) is 11.4 Å². The molecule has 1 aromatic heterocycles. The van der Waals surface area contributed by atoms with Crippen LogP contribution in [0.15, 0.2) is 59.4 Å². The van der Waals surface area contributed by atoms with Gasteiger partial charge >= 0.3 is 11.2 Å². The molecule has 2 aromatic carbocycles. The number of anilines is 1. The molecule has 28 heavy (non-hydrogen) atoms. The number of rotatable bonds is 8. The molecule has 0 saturated heterocycles. The fourth-order valence-electron chi connectivity index (χ4n) is 3.39. The minimum atomic E-state index is -0.639. The summed E-state index contributed by atoms with van der Waals surface area (Å²) in [6.07, 6.45) is 0. The van der Waals surface area contributed by atoms with E-state index >= 15 is 0 Å². The van der Waals surface area contributed by atoms with E-state index in [1.165, 1.54) is 4.57 Å². The second-order valence-electron chi connectivity index (χ2n) is 6.43. The van der Waals surface area contributed by atoms with Gasteiger partial charge in [0.2, 0.25) is 0 Å². The molecule has 1 N–H and O–H groups in total. The van der Waals surface area contributed by atoms with Crippen molar-refractivity contribution in [2.24, 2.45) is 0 Å². The standard InChI is InChI=1S/C21H24N4O3/c1-3-23(4-2)15-14-22-19-17-12-8-9-13-18(17)24(16-10-6-5-7-11-16)21(26)20(19)25(27)28/h5-13,22H,3-4,14-15H2,1-2H3. The van der Waals surface area contributed by atoms with E-state index in [-0.39, 0.29) is 5.69 Å². The fourth-order valence-corrected chi connectivity index (χ4v) is 3.39. The summed E-state index contributed by atoms with van der Waals surface area (Å²) in [6.45, 7) is 7.19. The monoisotopic (exact) mass is 380 g/mol. The average Bonchev–Trinajstić information content (AvgIpc) is 2.71. The summed E-state index contributed by atoms with van der Waals surface area (Å²) < 4.78 is 1.41. The van der Waals surface area contributed by atoms with Gasteiger partial charge in [-0.1, -0.05) is 50.2 Å². The smallest absolute Gasteiger partial charge is 0.357 e. The van der Waals surface area contributed by atoms with Crippen LogP contribution in [0, 0.1) is 10.1 Å². The van der Waals surface area contributed by atoms with E-state index < -0.39 is 16.2 Å². The molecular formula is C21H24N4O3. The summed E-state index contributed by atoms with van der Waals surface area (Å²) >= 11 is 0. The molecule has 7 heteroatoms. The minimum absolute atomic E-state index is 0.282. The minimum Gasteiger partial charge on any atom is -0.377 e. The number of nitrogens with one attached hydrogen (secondary N) is 1. The van der Waals surface area contributed by atoms with Crippen molar-refractivity contribution in [2.45, 2.75) is 13.8 Å². The Morgan fingerprint density at radius 3 is 2.32 bits per heavy atom. The second kappa shape index (κ2) is 8.67. The van der Waals surface area contributed by atoms with Gasteiger partial charge in [0, 0.05) is 24.2 Å². The van der Waals surface area contributed by atoms with Crippen LogP contribution in [0.3, 0.4) is 0 Å². The van der Waals surface area contributed by atoms with Crippen molar-refractivity contribution in [1.29, 1.82) is 0 Å². The molecular weight excluding hydrogens is 356 g/mol. The van der Waals surface area contributed by atoms with Crippen molar-refractivity contribution in [3.05, 3.63) is 75.1 Å². The number of likely N-dealkylation sites (N-methyl/N-ethyl adjacent to an activating group) is 1. The van der Waals surface area contributed by atoms with Crippen molar-refractivity contribution in [1.82, 2.24) is 9.47 Å². The lowest BCUT2D eigenvalue weighted by Gasteiger charge is -2.19. The number of pyridine rings is 1. The van der Waals surface area contributed by atoms with Crippen LogP contribution in [0.2, 0.25) is 0 Å². The average molecular weight is 380 g/mol. The van der Waals surface area contributed by atoms with Crippen LogP contribution in [-0.2, 0) is 0 Å². The lowest BCUT2D eigenvalue weighted by molar-refractivity contribution is -0.385. The fraction of sp³-hybridized carbons (Fsp3) is 0.286. The SMILES string of the molecule is CCN(CC)CCNc1c([N+](=O)[O-])c(=O)n(-c2ccccc2)c2ccccc12. The van der Waals surface area contributed by atoms with Gasteiger partial charge in [0.1, 0.15) is 5.69 Å². The van der Waals surface area contributed by atoms with E-state index in [9.17, 15) is 14.9 Å².